The summed E-state index contributed by atoms with van der Waals surface area (Å²) in [6.07, 6.45) is 1.69. The molecule has 32 heavy (non-hydrogen) atoms. The van der Waals surface area contributed by atoms with Crippen LogP contribution in [0, 0.1) is 19.7 Å². The number of amides is 1. The van der Waals surface area contributed by atoms with Gasteiger partial charge >= 0.3 is 0 Å². The summed E-state index contributed by atoms with van der Waals surface area (Å²) >= 11 is 1.49. The van der Waals surface area contributed by atoms with E-state index in [0.29, 0.717) is 23.8 Å². The van der Waals surface area contributed by atoms with E-state index in [0.717, 1.165) is 28.1 Å². The van der Waals surface area contributed by atoms with Crippen molar-refractivity contribution >= 4 is 23.5 Å². The summed E-state index contributed by atoms with van der Waals surface area (Å²) in [4.78, 5) is 17.3. The Morgan fingerprint density at radius 2 is 1.88 bits per heavy atom. The zero-order chi connectivity index (χ0) is 22.5. The summed E-state index contributed by atoms with van der Waals surface area (Å²) in [5.74, 6) is 1.81. The molecule has 2 heterocycles. The van der Waals surface area contributed by atoms with Crippen molar-refractivity contribution in [2.24, 2.45) is 0 Å². The van der Waals surface area contributed by atoms with Crippen LogP contribution in [-0.2, 0) is 17.1 Å². The molecule has 0 fully saturated rings. The van der Waals surface area contributed by atoms with Crippen LogP contribution >= 0.6 is 11.8 Å². The van der Waals surface area contributed by atoms with E-state index in [1.165, 1.54) is 23.9 Å². The molecule has 1 N–H and O–H groups in total. The summed E-state index contributed by atoms with van der Waals surface area (Å²) in [7, 11) is 0. The van der Waals surface area contributed by atoms with Crippen molar-refractivity contribution in [3.8, 4) is 11.3 Å². The lowest BCUT2D eigenvalue weighted by atomic mass is 10.1. The first-order chi connectivity index (χ1) is 15.5. The van der Waals surface area contributed by atoms with Gasteiger partial charge in [0.1, 0.15) is 23.1 Å². The van der Waals surface area contributed by atoms with Gasteiger partial charge in [-0.25, -0.2) is 9.37 Å². The number of anilines is 1. The first kappa shape index (κ1) is 21.8. The van der Waals surface area contributed by atoms with E-state index in [1.807, 2.05) is 48.7 Å². The number of carbonyl (C=O) groups is 1. The van der Waals surface area contributed by atoms with Gasteiger partial charge in [-0.3, -0.25) is 4.79 Å². The van der Waals surface area contributed by atoms with Crippen molar-refractivity contribution in [2.75, 3.05) is 11.1 Å². The van der Waals surface area contributed by atoms with Crippen LogP contribution in [0.4, 0.5) is 10.2 Å². The molecule has 0 aliphatic carbocycles. The average Bonchev–Trinajstić information content (AvgIpc) is 3.32. The molecule has 0 bridgehead atoms. The molecular weight excluding hydrogens is 427 g/mol. The Bertz CT molecular complexity index is 1180. The first-order valence-electron chi connectivity index (χ1n) is 10.2. The van der Waals surface area contributed by atoms with Crippen molar-refractivity contribution in [3.63, 3.8) is 0 Å². The molecule has 0 atom stereocenters. The average molecular weight is 451 g/mol. The van der Waals surface area contributed by atoms with E-state index < -0.39 is 0 Å². The molecule has 8 heteroatoms. The number of benzene rings is 2. The van der Waals surface area contributed by atoms with Crippen molar-refractivity contribution in [1.82, 2.24) is 14.7 Å². The number of carbonyl (C=O) groups excluding carboxylic acids is 1. The van der Waals surface area contributed by atoms with Gasteiger partial charge in [0, 0.05) is 16.9 Å². The van der Waals surface area contributed by atoms with E-state index in [-0.39, 0.29) is 17.5 Å². The highest BCUT2D eigenvalue weighted by atomic mass is 32.2. The minimum absolute atomic E-state index is 0.139. The molecule has 0 radical (unpaired) electrons. The fraction of sp³-hybridized carbons (Fsp3) is 0.208. The van der Waals surface area contributed by atoms with Crippen molar-refractivity contribution in [1.29, 1.82) is 0 Å². The molecule has 6 nitrogen and oxygen atoms in total. The standard InChI is InChI=1S/C24H23FN4O2S/c1-16-21(17(2)31-28-16)13-32-14-22(30)27-24-23(19-8-10-20(25)11-9-19)26-15-29(24)12-18-6-4-3-5-7-18/h3-11,15H,12-14H2,1-2H3,(H,27,30). The van der Waals surface area contributed by atoms with Crippen LogP contribution in [-0.4, -0.2) is 26.4 Å². The van der Waals surface area contributed by atoms with Crippen LogP contribution in [0.25, 0.3) is 11.3 Å². The predicted octanol–water partition coefficient (Wildman–Crippen LogP) is 5.21. The largest absolute Gasteiger partial charge is 0.361 e. The maximum atomic E-state index is 13.4. The topological polar surface area (TPSA) is 73.0 Å². The molecule has 0 spiro atoms. The van der Waals surface area contributed by atoms with Gasteiger partial charge in [0.05, 0.1) is 24.3 Å². The van der Waals surface area contributed by atoms with Gasteiger partial charge in [-0.2, -0.15) is 0 Å². The third-order valence-electron chi connectivity index (χ3n) is 5.07. The summed E-state index contributed by atoms with van der Waals surface area (Å²) in [6, 6.07) is 16.0. The highest BCUT2D eigenvalue weighted by molar-refractivity contribution is 7.99. The third-order valence-corrected chi connectivity index (χ3v) is 6.03. The van der Waals surface area contributed by atoms with Gasteiger partial charge in [0.25, 0.3) is 0 Å². The minimum Gasteiger partial charge on any atom is -0.361 e. The Kier molecular flexibility index (Phi) is 6.70. The van der Waals surface area contributed by atoms with E-state index >= 15 is 0 Å². The number of aromatic nitrogens is 3. The quantitative estimate of drug-likeness (QED) is 0.399. The zero-order valence-electron chi connectivity index (χ0n) is 17.8. The number of hydrogen-bond acceptors (Lipinski definition) is 5. The van der Waals surface area contributed by atoms with E-state index in [1.54, 1.807) is 18.5 Å². The molecule has 0 unspecified atom stereocenters. The SMILES string of the molecule is Cc1noc(C)c1CSCC(=O)Nc1c(-c2ccc(F)cc2)ncn1Cc1ccccc1. The molecule has 0 aliphatic rings. The van der Waals surface area contributed by atoms with Gasteiger partial charge < -0.3 is 14.4 Å². The van der Waals surface area contributed by atoms with Crippen molar-refractivity contribution in [2.45, 2.75) is 26.1 Å². The van der Waals surface area contributed by atoms with Crippen molar-refractivity contribution < 1.29 is 13.7 Å². The van der Waals surface area contributed by atoms with E-state index in [4.69, 9.17) is 4.52 Å². The van der Waals surface area contributed by atoms with Crippen LogP contribution in [0.2, 0.25) is 0 Å². The molecule has 0 aliphatic heterocycles. The molecule has 0 saturated carbocycles. The fourth-order valence-corrected chi connectivity index (χ4v) is 4.33. The maximum absolute atomic E-state index is 13.4. The van der Waals surface area contributed by atoms with Gasteiger partial charge in [0.15, 0.2) is 0 Å². The number of nitrogens with zero attached hydrogens (tertiary/aromatic N) is 3. The Morgan fingerprint density at radius 1 is 1.12 bits per heavy atom. The Labute approximate surface area is 189 Å². The highest BCUT2D eigenvalue weighted by Gasteiger charge is 2.17. The second-order valence-corrected chi connectivity index (χ2v) is 8.39. The number of hydrogen-bond donors (Lipinski definition) is 1. The number of thioether (sulfide) groups is 1. The molecule has 1 amide bonds. The summed E-state index contributed by atoms with van der Waals surface area (Å²) in [6.45, 7) is 4.31. The van der Waals surface area contributed by atoms with Gasteiger partial charge in [-0.1, -0.05) is 35.5 Å². The van der Waals surface area contributed by atoms with Crippen LogP contribution in [0.15, 0.2) is 65.4 Å². The number of halogens is 1. The van der Waals surface area contributed by atoms with Crippen LogP contribution in [0.3, 0.4) is 0 Å². The minimum atomic E-state index is -0.321. The van der Waals surface area contributed by atoms with Crippen LogP contribution < -0.4 is 5.32 Å². The smallest absolute Gasteiger partial charge is 0.235 e. The molecule has 4 aromatic rings. The molecule has 164 valence electrons. The predicted molar refractivity (Wildman–Crippen MR) is 124 cm³/mol. The fourth-order valence-electron chi connectivity index (χ4n) is 3.35. The monoisotopic (exact) mass is 450 g/mol. The van der Waals surface area contributed by atoms with E-state index in [2.05, 4.69) is 15.5 Å². The lowest BCUT2D eigenvalue weighted by molar-refractivity contribution is -0.113. The number of nitrogens with one attached hydrogen (secondary N) is 1. The number of rotatable bonds is 8. The van der Waals surface area contributed by atoms with Crippen molar-refractivity contribution in [3.05, 3.63) is 89.3 Å². The molecular formula is C24H23FN4O2S. The van der Waals surface area contributed by atoms with Gasteiger partial charge in [-0.05, 0) is 43.7 Å². The molecule has 2 aromatic heterocycles. The second kappa shape index (κ2) is 9.82. The van der Waals surface area contributed by atoms with Gasteiger partial charge in [-0.15, -0.1) is 11.8 Å². The van der Waals surface area contributed by atoms with Gasteiger partial charge in [0.2, 0.25) is 5.91 Å². The Balaban J connectivity index is 1.52. The lowest BCUT2D eigenvalue weighted by Gasteiger charge is -2.12. The Morgan fingerprint density at radius 3 is 2.56 bits per heavy atom. The van der Waals surface area contributed by atoms with E-state index in [9.17, 15) is 9.18 Å². The highest BCUT2D eigenvalue weighted by Crippen LogP contribution is 2.28. The second-order valence-electron chi connectivity index (χ2n) is 7.41. The summed E-state index contributed by atoms with van der Waals surface area (Å²) < 4.78 is 20.5. The molecule has 4 rings (SSSR count). The maximum Gasteiger partial charge on any atom is 0.235 e. The summed E-state index contributed by atoms with van der Waals surface area (Å²) in [5, 5.41) is 6.96. The third kappa shape index (κ3) is 5.08. The number of aryl methyl sites for hydroxylation is 2. The normalized spacial score (nSPS) is 11.0. The molecule has 0 saturated heterocycles. The molecule has 2 aromatic carbocycles. The first-order valence-corrected chi connectivity index (χ1v) is 11.3. The van der Waals surface area contributed by atoms with Crippen LogP contribution in [0.1, 0.15) is 22.6 Å². The Hall–Kier alpha value is -3.39. The lowest BCUT2D eigenvalue weighted by Crippen LogP contribution is -2.18. The zero-order valence-corrected chi connectivity index (χ0v) is 18.7. The number of imidazole rings is 1. The summed E-state index contributed by atoms with van der Waals surface area (Å²) in [5.41, 5.74) is 4.28. The van der Waals surface area contributed by atoms with Crippen LogP contribution in [0.5, 0.6) is 0 Å².